The third-order valence-corrected chi connectivity index (χ3v) is 2.19. The molecule has 0 saturated carbocycles. The molecule has 94 valence electrons. The van der Waals surface area contributed by atoms with Crippen molar-refractivity contribution >= 4 is 11.8 Å². The number of amides is 2. The summed E-state index contributed by atoms with van der Waals surface area (Å²) in [5.74, 6) is -0.430. The van der Waals surface area contributed by atoms with Gasteiger partial charge in [0.15, 0.2) is 0 Å². The summed E-state index contributed by atoms with van der Waals surface area (Å²) in [5, 5.41) is 1.90. The minimum absolute atomic E-state index is 0.0661. The molecule has 0 aliphatic rings. The summed E-state index contributed by atoms with van der Waals surface area (Å²) in [5.41, 5.74) is 7.83. The van der Waals surface area contributed by atoms with E-state index in [2.05, 4.69) is 5.43 Å². The first-order chi connectivity index (χ1) is 7.34. The summed E-state index contributed by atoms with van der Waals surface area (Å²) in [6.45, 7) is 8.07. The van der Waals surface area contributed by atoms with Gasteiger partial charge >= 0.3 is 0 Å². The molecule has 5 heteroatoms. The lowest BCUT2D eigenvalue weighted by Crippen LogP contribution is -2.50. The number of hydrogen-bond acceptors (Lipinski definition) is 3. The standard InChI is InChI=1S/C11H23N3O2/c1-8(2)14(9(3)4)13-11(16)7-5-6-10(12)15/h8-9H,5-7H2,1-4H3,(H2,12,15)(H,13,16). The molecule has 3 N–H and O–H groups in total. The van der Waals surface area contributed by atoms with Crippen molar-refractivity contribution in [1.82, 2.24) is 10.4 Å². The van der Waals surface area contributed by atoms with Crippen LogP contribution in [0.4, 0.5) is 0 Å². The van der Waals surface area contributed by atoms with Gasteiger partial charge in [0.05, 0.1) is 0 Å². The molecular weight excluding hydrogens is 206 g/mol. The van der Waals surface area contributed by atoms with E-state index >= 15 is 0 Å². The summed E-state index contributed by atoms with van der Waals surface area (Å²) in [7, 11) is 0. The quantitative estimate of drug-likeness (QED) is 0.634. The van der Waals surface area contributed by atoms with Crippen LogP contribution in [0.2, 0.25) is 0 Å². The van der Waals surface area contributed by atoms with E-state index in [1.807, 2.05) is 32.7 Å². The Morgan fingerprint density at radius 3 is 2.00 bits per heavy atom. The third kappa shape index (κ3) is 6.40. The Hall–Kier alpha value is -1.10. The molecule has 0 atom stereocenters. The van der Waals surface area contributed by atoms with Gasteiger partial charge in [0.1, 0.15) is 0 Å². The molecule has 0 aromatic rings. The smallest absolute Gasteiger partial charge is 0.234 e. The minimum Gasteiger partial charge on any atom is -0.370 e. The highest BCUT2D eigenvalue weighted by atomic mass is 16.2. The van der Waals surface area contributed by atoms with Gasteiger partial charge in [0.2, 0.25) is 11.8 Å². The van der Waals surface area contributed by atoms with Crippen molar-refractivity contribution in [1.29, 1.82) is 0 Å². The second kappa shape index (κ2) is 7.22. The third-order valence-electron chi connectivity index (χ3n) is 2.19. The van der Waals surface area contributed by atoms with Gasteiger partial charge in [-0.1, -0.05) is 0 Å². The predicted molar refractivity (Wildman–Crippen MR) is 63.3 cm³/mol. The first-order valence-electron chi connectivity index (χ1n) is 5.70. The second-order valence-electron chi connectivity index (χ2n) is 4.45. The molecule has 0 aliphatic carbocycles. The molecule has 0 unspecified atom stereocenters. The van der Waals surface area contributed by atoms with Gasteiger partial charge in [0.25, 0.3) is 0 Å². The predicted octanol–water partition coefficient (Wildman–Crippen LogP) is 0.792. The number of primary amides is 1. The lowest BCUT2D eigenvalue weighted by Gasteiger charge is -2.30. The van der Waals surface area contributed by atoms with Crippen molar-refractivity contribution in [3.63, 3.8) is 0 Å². The van der Waals surface area contributed by atoms with Crippen molar-refractivity contribution in [2.45, 2.75) is 59.0 Å². The maximum atomic E-state index is 11.5. The Labute approximate surface area is 97.3 Å². The van der Waals surface area contributed by atoms with Crippen molar-refractivity contribution < 1.29 is 9.59 Å². The van der Waals surface area contributed by atoms with Gasteiger partial charge in [-0.05, 0) is 34.1 Å². The summed E-state index contributed by atoms with van der Waals surface area (Å²) in [6.07, 6.45) is 1.10. The fourth-order valence-corrected chi connectivity index (χ4v) is 1.48. The Kier molecular flexibility index (Phi) is 6.72. The summed E-state index contributed by atoms with van der Waals surface area (Å²) in [4.78, 5) is 22.0. The van der Waals surface area contributed by atoms with Gasteiger partial charge in [-0.2, -0.15) is 0 Å². The minimum atomic E-state index is -0.364. The molecule has 16 heavy (non-hydrogen) atoms. The van der Waals surface area contributed by atoms with Gasteiger partial charge in [0, 0.05) is 24.9 Å². The molecule has 0 saturated heterocycles. The Bertz CT molecular complexity index is 231. The van der Waals surface area contributed by atoms with E-state index in [-0.39, 0.29) is 30.3 Å². The monoisotopic (exact) mass is 229 g/mol. The molecule has 0 aromatic heterocycles. The van der Waals surface area contributed by atoms with Gasteiger partial charge in [-0.25, -0.2) is 5.01 Å². The molecule has 0 spiro atoms. The number of hydrogen-bond donors (Lipinski definition) is 2. The number of carbonyl (C=O) groups is 2. The fraction of sp³-hybridized carbons (Fsp3) is 0.818. The zero-order chi connectivity index (χ0) is 12.7. The fourth-order valence-electron chi connectivity index (χ4n) is 1.48. The van der Waals surface area contributed by atoms with Crippen LogP contribution in [0.25, 0.3) is 0 Å². The van der Waals surface area contributed by atoms with Crippen LogP contribution in [-0.2, 0) is 9.59 Å². The van der Waals surface area contributed by atoms with Crippen LogP contribution in [0.5, 0.6) is 0 Å². The molecule has 2 amide bonds. The molecule has 0 bridgehead atoms. The topological polar surface area (TPSA) is 75.4 Å². The first kappa shape index (κ1) is 14.9. The Morgan fingerprint density at radius 1 is 1.12 bits per heavy atom. The summed E-state index contributed by atoms with van der Waals surface area (Å²) >= 11 is 0. The van der Waals surface area contributed by atoms with Crippen LogP contribution in [-0.4, -0.2) is 28.9 Å². The maximum absolute atomic E-state index is 11.5. The number of nitrogens with one attached hydrogen (secondary N) is 1. The van der Waals surface area contributed by atoms with Crippen molar-refractivity contribution in [2.75, 3.05) is 0 Å². The van der Waals surface area contributed by atoms with E-state index in [0.29, 0.717) is 12.8 Å². The molecule has 0 aromatic carbocycles. The number of nitrogens with zero attached hydrogens (tertiary/aromatic N) is 1. The number of nitrogens with two attached hydrogens (primary N) is 1. The highest BCUT2D eigenvalue weighted by molar-refractivity contribution is 5.77. The number of hydrazine groups is 1. The summed E-state index contributed by atoms with van der Waals surface area (Å²) in [6, 6.07) is 0.500. The molecule has 0 fully saturated rings. The number of rotatable bonds is 7. The average molecular weight is 229 g/mol. The SMILES string of the molecule is CC(C)N(NC(=O)CCCC(N)=O)C(C)C. The van der Waals surface area contributed by atoms with E-state index in [9.17, 15) is 9.59 Å². The average Bonchev–Trinajstić information content (AvgIpc) is 2.12. The van der Waals surface area contributed by atoms with E-state index in [1.165, 1.54) is 0 Å². The van der Waals surface area contributed by atoms with E-state index in [0.717, 1.165) is 0 Å². The Morgan fingerprint density at radius 2 is 1.62 bits per heavy atom. The van der Waals surface area contributed by atoms with Crippen LogP contribution in [0.15, 0.2) is 0 Å². The van der Waals surface area contributed by atoms with Gasteiger partial charge in [-0.15, -0.1) is 0 Å². The van der Waals surface area contributed by atoms with Crippen molar-refractivity contribution in [3.05, 3.63) is 0 Å². The molecule has 0 radical (unpaired) electrons. The van der Waals surface area contributed by atoms with Crippen LogP contribution in [0, 0.1) is 0 Å². The van der Waals surface area contributed by atoms with Crippen molar-refractivity contribution in [2.24, 2.45) is 5.73 Å². The molecule has 0 heterocycles. The Balaban J connectivity index is 3.96. The van der Waals surface area contributed by atoms with Crippen LogP contribution >= 0.6 is 0 Å². The zero-order valence-electron chi connectivity index (χ0n) is 10.6. The highest BCUT2D eigenvalue weighted by Gasteiger charge is 2.15. The normalized spacial score (nSPS) is 11.2. The van der Waals surface area contributed by atoms with Crippen LogP contribution in [0.1, 0.15) is 47.0 Å². The summed E-state index contributed by atoms with van der Waals surface area (Å²) < 4.78 is 0. The van der Waals surface area contributed by atoms with E-state index < -0.39 is 0 Å². The lowest BCUT2D eigenvalue weighted by atomic mass is 10.2. The zero-order valence-corrected chi connectivity index (χ0v) is 10.6. The molecule has 0 rings (SSSR count). The van der Waals surface area contributed by atoms with Crippen LogP contribution in [0.3, 0.4) is 0 Å². The largest absolute Gasteiger partial charge is 0.370 e. The molecule has 0 aliphatic heterocycles. The van der Waals surface area contributed by atoms with E-state index in [1.54, 1.807) is 0 Å². The van der Waals surface area contributed by atoms with E-state index in [4.69, 9.17) is 5.73 Å². The first-order valence-corrected chi connectivity index (χ1v) is 5.70. The maximum Gasteiger partial charge on any atom is 0.234 e. The molecule has 5 nitrogen and oxygen atoms in total. The van der Waals surface area contributed by atoms with Gasteiger partial charge in [-0.3, -0.25) is 15.0 Å². The highest BCUT2D eigenvalue weighted by Crippen LogP contribution is 2.02. The van der Waals surface area contributed by atoms with Crippen molar-refractivity contribution in [3.8, 4) is 0 Å². The second-order valence-corrected chi connectivity index (χ2v) is 4.45. The van der Waals surface area contributed by atoms with Gasteiger partial charge < -0.3 is 5.73 Å². The molecular formula is C11H23N3O2. The number of carbonyl (C=O) groups excluding carboxylic acids is 2. The van der Waals surface area contributed by atoms with Crippen LogP contribution < -0.4 is 11.2 Å². The lowest BCUT2D eigenvalue weighted by molar-refractivity contribution is -0.128.